The Morgan fingerprint density at radius 3 is 2.12 bits per heavy atom. The van der Waals surface area contributed by atoms with Crippen molar-refractivity contribution >= 4 is 74.9 Å². The van der Waals surface area contributed by atoms with E-state index >= 15 is 0 Å². The van der Waals surface area contributed by atoms with Gasteiger partial charge < -0.3 is 0 Å². The van der Waals surface area contributed by atoms with Crippen molar-refractivity contribution in [3.8, 4) is 22.4 Å². The van der Waals surface area contributed by atoms with E-state index < -0.39 is 0 Å². The summed E-state index contributed by atoms with van der Waals surface area (Å²) in [6, 6.07) is 45.9. The third-order valence-electron chi connectivity index (χ3n) is 8.30. The molecule has 3 heteroatoms. The van der Waals surface area contributed by atoms with Gasteiger partial charge in [0.15, 0.2) is 0 Å². The molecule has 0 radical (unpaired) electrons. The van der Waals surface area contributed by atoms with Crippen LogP contribution in [0.4, 0.5) is 0 Å². The molecule has 0 spiro atoms. The highest BCUT2D eigenvalue weighted by molar-refractivity contribution is 7.26. The molecule has 0 amide bonds. The van der Waals surface area contributed by atoms with Gasteiger partial charge in [-0.2, -0.15) is 0 Å². The Hall–Kier alpha value is -5.12. The second-order valence-electron chi connectivity index (χ2n) is 10.6. The first kappa shape index (κ1) is 22.7. The third kappa shape index (κ3) is 3.43. The molecule has 0 unspecified atom stereocenters. The fourth-order valence-corrected chi connectivity index (χ4v) is 7.58. The largest absolute Gasteiger partial charge is 0.254 e. The fourth-order valence-electron chi connectivity index (χ4n) is 6.34. The van der Waals surface area contributed by atoms with Gasteiger partial charge in [0.2, 0.25) is 0 Å². The van der Waals surface area contributed by atoms with Crippen molar-refractivity contribution < 1.29 is 0 Å². The van der Waals surface area contributed by atoms with Crippen LogP contribution in [-0.4, -0.2) is 9.97 Å². The fraction of sp³-hybridized carbons (Fsp3) is 0. The summed E-state index contributed by atoms with van der Waals surface area (Å²) < 4.78 is 2.70. The number of fused-ring (bicyclic) bond motifs is 9. The molecule has 0 bridgehead atoms. The predicted octanol–water partition coefficient (Wildman–Crippen LogP) is 10.8. The van der Waals surface area contributed by atoms with Gasteiger partial charge >= 0.3 is 0 Å². The number of hydrogen-bond acceptors (Lipinski definition) is 3. The van der Waals surface area contributed by atoms with Crippen molar-refractivity contribution in [1.29, 1.82) is 0 Å². The van der Waals surface area contributed by atoms with Crippen LogP contribution in [0.5, 0.6) is 0 Å². The van der Waals surface area contributed by atoms with E-state index in [0.717, 1.165) is 33.1 Å². The molecule has 9 rings (SSSR count). The van der Waals surface area contributed by atoms with E-state index in [1.807, 2.05) is 23.6 Å². The van der Waals surface area contributed by atoms with Crippen LogP contribution in [0, 0.1) is 0 Å². The van der Waals surface area contributed by atoms with Gasteiger partial charge in [-0.1, -0.05) is 103 Å². The van der Waals surface area contributed by atoms with Crippen molar-refractivity contribution in [2.75, 3.05) is 0 Å². The maximum Gasteiger partial charge on any atom is 0.0972 e. The van der Waals surface area contributed by atoms with E-state index in [1.54, 1.807) is 0 Å². The Morgan fingerprint density at radius 1 is 0.463 bits per heavy atom. The summed E-state index contributed by atoms with van der Waals surface area (Å²) in [6.07, 6.45) is 1.84. The molecule has 0 saturated heterocycles. The number of benzene rings is 6. The molecule has 2 nitrogen and oxygen atoms in total. The number of rotatable bonds is 2. The standard InChI is InChI=1S/C38H22N2S/c1-2-12-35-32(7-1)33-19-16-26-22-25(15-18-28(26)38(33)41-35)27-8-3-10-30-29(27)9-4-11-31(30)34-20-17-24-14-13-23-6-5-21-39-36(23)37(24)40-34/h1-22H. The van der Waals surface area contributed by atoms with Crippen molar-refractivity contribution in [1.82, 2.24) is 9.97 Å². The lowest BCUT2D eigenvalue weighted by Gasteiger charge is -2.12. The Morgan fingerprint density at radius 2 is 1.20 bits per heavy atom. The van der Waals surface area contributed by atoms with Gasteiger partial charge in [-0.15, -0.1) is 11.3 Å². The van der Waals surface area contributed by atoms with Crippen molar-refractivity contribution in [2.24, 2.45) is 0 Å². The highest BCUT2D eigenvalue weighted by Crippen LogP contribution is 2.41. The lowest BCUT2D eigenvalue weighted by molar-refractivity contribution is 1.37. The predicted molar refractivity (Wildman–Crippen MR) is 176 cm³/mol. The van der Waals surface area contributed by atoms with E-state index in [-0.39, 0.29) is 0 Å². The minimum Gasteiger partial charge on any atom is -0.254 e. The monoisotopic (exact) mass is 538 g/mol. The number of pyridine rings is 2. The minimum absolute atomic E-state index is 0.941. The van der Waals surface area contributed by atoms with Gasteiger partial charge in [0.05, 0.1) is 16.7 Å². The maximum absolute atomic E-state index is 5.15. The molecule has 0 N–H and O–H groups in total. The van der Waals surface area contributed by atoms with Gasteiger partial charge in [0.25, 0.3) is 0 Å². The van der Waals surface area contributed by atoms with Gasteiger partial charge in [0, 0.05) is 42.7 Å². The zero-order valence-electron chi connectivity index (χ0n) is 22.0. The molecule has 6 aromatic carbocycles. The molecule has 3 aromatic heterocycles. The van der Waals surface area contributed by atoms with Gasteiger partial charge in [-0.3, -0.25) is 4.98 Å². The van der Waals surface area contributed by atoms with E-state index in [4.69, 9.17) is 4.98 Å². The number of nitrogens with zero attached hydrogens (tertiary/aromatic N) is 2. The van der Waals surface area contributed by atoms with E-state index in [0.29, 0.717) is 0 Å². The molecule has 3 heterocycles. The Bertz CT molecular complexity index is 2490. The van der Waals surface area contributed by atoms with Crippen LogP contribution in [0.15, 0.2) is 134 Å². The first-order chi connectivity index (χ1) is 20.3. The van der Waals surface area contributed by atoms with E-state index in [2.05, 4.69) is 126 Å². The zero-order chi connectivity index (χ0) is 26.9. The molecule has 41 heavy (non-hydrogen) atoms. The summed E-state index contributed by atoms with van der Waals surface area (Å²) in [5.41, 5.74) is 6.43. The summed E-state index contributed by atoms with van der Waals surface area (Å²) in [4.78, 5) is 9.81. The summed E-state index contributed by atoms with van der Waals surface area (Å²) in [6.45, 7) is 0. The van der Waals surface area contributed by atoms with Crippen LogP contribution in [0.2, 0.25) is 0 Å². The number of aromatic nitrogens is 2. The highest BCUT2D eigenvalue weighted by Gasteiger charge is 2.13. The Kier molecular flexibility index (Phi) is 4.80. The number of thiophene rings is 1. The highest BCUT2D eigenvalue weighted by atomic mass is 32.1. The normalized spacial score (nSPS) is 11.9. The summed E-state index contributed by atoms with van der Waals surface area (Å²) >= 11 is 1.88. The summed E-state index contributed by atoms with van der Waals surface area (Å²) in [5.74, 6) is 0. The average Bonchev–Trinajstić information content (AvgIpc) is 3.43. The van der Waals surface area contributed by atoms with Crippen LogP contribution < -0.4 is 0 Å². The second-order valence-corrected chi connectivity index (χ2v) is 11.6. The molecule has 0 atom stereocenters. The van der Waals surface area contributed by atoms with Gasteiger partial charge in [-0.25, -0.2) is 4.98 Å². The minimum atomic E-state index is 0.941. The van der Waals surface area contributed by atoms with Crippen LogP contribution in [0.25, 0.3) is 85.9 Å². The molecule has 0 aliphatic heterocycles. The Balaban J connectivity index is 1.22. The zero-order valence-corrected chi connectivity index (χ0v) is 22.8. The smallest absolute Gasteiger partial charge is 0.0972 e. The lowest BCUT2D eigenvalue weighted by Crippen LogP contribution is -1.90. The maximum atomic E-state index is 5.15. The molecular weight excluding hydrogens is 516 g/mol. The quantitative estimate of drug-likeness (QED) is 0.205. The molecule has 0 saturated carbocycles. The molecule has 190 valence electrons. The number of hydrogen-bond donors (Lipinski definition) is 0. The lowest BCUT2D eigenvalue weighted by atomic mass is 9.93. The first-order valence-electron chi connectivity index (χ1n) is 13.8. The third-order valence-corrected chi connectivity index (χ3v) is 9.52. The van der Waals surface area contributed by atoms with Gasteiger partial charge in [-0.05, 0) is 56.9 Å². The molecular formula is C38H22N2S. The SMILES string of the molecule is c1cnc2c(c1)ccc1ccc(-c3cccc4c(-c5ccc6c(ccc7c8ccccc8sc67)c5)cccc34)nc12. The van der Waals surface area contributed by atoms with Crippen LogP contribution in [0.1, 0.15) is 0 Å². The molecule has 9 aromatic rings. The average molecular weight is 539 g/mol. The van der Waals surface area contributed by atoms with Crippen LogP contribution in [-0.2, 0) is 0 Å². The first-order valence-corrected chi connectivity index (χ1v) is 14.6. The van der Waals surface area contributed by atoms with Crippen molar-refractivity contribution in [2.45, 2.75) is 0 Å². The van der Waals surface area contributed by atoms with Crippen LogP contribution >= 0.6 is 11.3 Å². The van der Waals surface area contributed by atoms with E-state index in [9.17, 15) is 0 Å². The van der Waals surface area contributed by atoms with E-state index in [1.165, 1.54) is 52.8 Å². The Labute approximate surface area is 240 Å². The van der Waals surface area contributed by atoms with Gasteiger partial charge in [0.1, 0.15) is 0 Å². The molecule has 0 fully saturated rings. The molecule has 0 aliphatic carbocycles. The van der Waals surface area contributed by atoms with Crippen LogP contribution in [0.3, 0.4) is 0 Å². The van der Waals surface area contributed by atoms with Crippen molar-refractivity contribution in [3.63, 3.8) is 0 Å². The summed E-state index contributed by atoms with van der Waals surface area (Å²) in [5, 5.41) is 9.90. The second kappa shape index (κ2) is 8.69. The summed E-state index contributed by atoms with van der Waals surface area (Å²) in [7, 11) is 0. The molecule has 0 aliphatic rings. The topological polar surface area (TPSA) is 25.8 Å². The van der Waals surface area contributed by atoms with Crippen molar-refractivity contribution in [3.05, 3.63) is 134 Å².